The van der Waals surface area contributed by atoms with E-state index in [2.05, 4.69) is 33.0 Å². The Balaban J connectivity index is 1.59. The van der Waals surface area contributed by atoms with Crippen LogP contribution >= 0.6 is 11.8 Å². The number of aromatic amines is 1. The molecule has 0 radical (unpaired) electrons. The Labute approximate surface area is 121 Å². The molecule has 1 aliphatic rings. The fraction of sp³-hybridized carbons (Fsp3) is 0.286. The number of thioether (sulfide) groups is 1. The van der Waals surface area contributed by atoms with Crippen molar-refractivity contribution in [3.05, 3.63) is 47.8 Å². The Kier molecular flexibility index (Phi) is 3.92. The van der Waals surface area contributed by atoms with Crippen LogP contribution in [0.25, 0.3) is 0 Å². The van der Waals surface area contributed by atoms with E-state index in [4.69, 9.17) is 0 Å². The molecule has 3 N–H and O–H groups in total. The molecule has 0 fully saturated rings. The molecule has 3 rings (SSSR count). The third-order valence-corrected chi connectivity index (χ3v) is 4.38. The van der Waals surface area contributed by atoms with E-state index in [0.29, 0.717) is 6.54 Å². The van der Waals surface area contributed by atoms with Crippen molar-refractivity contribution < 1.29 is 4.79 Å². The van der Waals surface area contributed by atoms with Gasteiger partial charge in [0.15, 0.2) is 0 Å². The molecule has 0 unspecified atom stereocenters. The van der Waals surface area contributed by atoms with Crippen LogP contribution in [0, 0.1) is 0 Å². The van der Waals surface area contributed by atoms with Gasteiger partial charge in [-0.15, -0.1) is 11.8 Å². The summed E-state index contributed by atoms with van der Waals surface area (Å²) in [5, 5.41) is 12.5. The number of fused-ring (bicyclic) bond motifs is 1. The summed E-state index contributed by atoms with van der Waals surface area (Å²) in [6, 6.07) is 10.0. The number of aromatic nitrogens is 2. The third-order valence-electron chi connectivity index (χ3n) is 3.26. The lowest BCUT2D eigenvalue weighted by Crippen LogP contribution is -2.38. The highest BCUT2D eigenvalue weighted by Gasteiger charge is 2.21. The molecule has 0 bridgehead atoms. The van der Waals surface area contributed by atoms with Gasteiger partial charge in [0.1, 0.15) is 0 Å². The minimum Gasteiger partial charge on any atom is -0.333 e. The van der Waals surface area contributed by atoms with E-state index < -0.39 is 0 Å². The molecular weight excluding hydrogens is 272 g/mol. The lowest BCUT2D eigenvalue weighted by atomic mass is 10.0. The molecule has 2 amide bonds. The van der Waals surface area contributed by atoms with Gasteiger partial charge in [0, 0.05) is 16.8 Å². The molecule has 1 atom stereocenters. The lowest BCUT2D eigenvalue weighted by Gasteiger charge is -2.25. The van der Waals surface area contributed by atoms with Crippen molar-refractivity contribution in [1.82, 2.24) is 20.8 Å². The SMILES string of the molecule is O=C(NCc1ccn[nH]1)N[C@@H]1CCSc2ccccc21. The van der Waals surface area contributed by atoms with Gasteiger partial charge in [-0.3, -0.25) is 5.10 Å². The molecular formula is C14H16N4OS. The van der Waals surface area contributed by atoms with Crippen LogP contribution in [-0.4, -0.2) is 22.0 Å². The zero-order chi connectivity index (χ0) is 13.8. The van der Waals surface area contributed by atoms with E-state index in [9.17, 15) is 4.79 Å². The van der Waals surface area contributed by atoms with E-state index in [1.54, 1.807) is 6.20 Å². The van der Waals surface area contributed by atoms with Gasteiger partial charge in [-0.1, -0.05) is 18.2 Å². The standard InChI is InChI=1S/C14H16N4OS/c19-14(15-9-10-5-7-16-18-10)17-12-6-8-20-13-4-2-1-3-11(12)13/h1-5,7,12H,6,8-9H2,(H,16,18)(H2,15,17,19)/t12-/m1/s1. The van der Waals surface area contributed by atoms with E-state index in [1.165, 1.54) is 10.5 Å². The summed E-state index contributed by atoms with van der Waals surface area (Å²) >= 11 is 1.85. The maximum absolute atomic E-state index is 12.0. The van der Waals surface area contributed by atoms with E-state index in [-0.39, 0.29) is 12.1 Å². The second-order valence-corrected chi connectivity index (χ2v) is 5.77. The number of hydrogen-bond donors (Lipinski definition) is 3. The molecule has 2 heterocycles. The number of amides is 2. The highest BCUT2D eigenvalue weighted by molar-refractivity contribution is 7.99. The average Bonchev–Trinajstić information content (AvgIpc) is 2.99. The zero-order valence-corrected chi connectivity index (χ0v) is 11.7. The summed E-state index contributed by atoms with van der Waals surface area (Å²) in [6.45, 7) is 0.453. The second-order valence-electron chi connectivity index (χ2n) is 4.64. The molecule has 0 saturated heterocycles. The minimum absolute atomic E-state index is 0.0919. The summed E-state index contributed by atoms with van der Waals surface area (Å²) in [6.07, 6.45) is 2.63. The van der Waals surface area contributed by atoms with Crippen LogP contribution in [-0.2, 0) is 6.54 Å². The van der Waals surface area contributed by atoms with Gasteiger partial charge in [-0.05, 0) is 24.1 Å². The number of nitrogens with zero attached hydrogens (tertiary/aromatic N) is 1. The highest BCUT2D eigenvalue weighted by atomic mass is 32.2. The third kappa shape index (κ3) is 2.96. The van der Waals surface area contributed by atoms with Crippen LogP contribution in [0.3, 0.4) is 0 Å². The van der Waals surface area contributed by atoms with Crippen LogP contribution in [0.4, 0.5) is 4.79 Å². The number of carbonyl (C=O) groups is 1. The number of benzene rings is 1. The molecule has 5 nitrogen and oxygen atoms in total. The minimum atomic E-state index is -0.147. The maximum Gasteiger partial charge on any atom is 0.315 e. The predicted octanol–water partition coefficient (Wildman–Crippen LogP) is 2.45. The first-order valence-electron chi connectivity index (χ1n) is 6.57. The Hall–Kier alpha value is -1.95. The fourth-order valence-electron chi connectivity index (χ4n) is 2.26. The molecule has 1 aromatic carbocycles. The van der Waals surface area contributed by atoms with Crippen LogP contribution in [0.15, 0.2) is 41.4 Å². The van der Waals surface area contributed by atoms with Crippen molar-refractivity contribution in [3.8, 4) is 0 Å². The van der Waals surface area contributed by atoms with Gasteiger partial charge in [-0.2, -0.15) is 5.10 Å². The summed E-state index contributed by atoms with van der Waals surface area (Å²) in [5.74, 6) is 1.03. The van der Waals surface area contributed by atoms with Crippen LogP contribution in [0.2, 0.25) is 0 Å². The first-order valence-corrected chi connectivity index (χ1v) is 7.56. The molecule has 0 aliphatic carbocycles. The number of nitrogens with one attached hydrogen (secondary N) is 3. The number of H-pyrrole nitrogens is 1. The first-order chi connectivity index (χ1) is 9.83. The lowest BCUT2D eigenvalue weighted by molar-refractivity contribution is 0.236. The molecule has 2 aromatic rings. The predicted molar refractivity (Wildman–Crippen MR) is 78.5 cm³/mol. The molecule has 1 aliphatic heterocycles. The Bertz CT molecular complexity index is 585. The zero-order valence-electron chi connectivity index (χ0n) is 10.9. The number of rotatable bonds is 3. The first kappa shape index (κ1) is 13.1. The molecule has 104 valence electrons. The van der Waals surface area contributed by atoms with Gasteiger partial charge >= 0.3 is 6.03 Å². The quantitative estimate of drug-likeness (QED) is 0.812. The number of carbonyl (C=O) groups excluding carboxylic acids is 1. The van der Waals surface area contributed by atoms with Crippen molar-refractivity contribution in [2.45, 2.75) is 23.9 Å². The van der Waals surface area contributed by atoms with Gasteiger partial charge in [0.05, 0.1) is 18.3 Å². The monoisotopic (exact) mass is 288 g/mol. The van der Waals surface area contributed by atoms with Crippen molar-refractivity contribution in [3.63, 3.8) is 0 Å². The Morgan fingerprint density at radius 3 is 3.15 bits per heavy atom. The molecule has 0 saturated carbocycles. The van der Waals surface area contributed by atoms with Gasteiger partial charge in [-0.25, -0.2) is 4.79 Å². The Morgan fingerprint density at radius 1 is 1.40 bits per heavy atom. The topological polar surface area (TPSA) is 69.8 Å². The van der Waals surface area contributed by atoms with E-state index in [1.807, 2.05) is 30.0 Å². The average molecular weight is 288 g/mol. The van der Waals surface area contributed by atoms with Crippen LogP contribution in [0.5, 0.6) is 0 Å². The van der Waals surface area contributed by atoms with Crippen molar-refractivity contribution in [2.24, 2.45) is 0 Å². The molecule has 20 heavy (non-hydrogen) atoms. The smallest absolute Gasteiger partial charge is 0.315 e. The van der Waals surface area contributed by atoms with E-state index >= 15 is 0 Å². The molecule has 1 aromatic heterocycles. The van der Waals surface area contributed by atoms with Gasteiger partial charge < -0.3 is 10.6 Å². The maximum atomic E-state index is 12.0. The van der Waals surface area contributed by atoms with Crippen LogP contribution in [0.1, 0.15) is 23.7 Å². The Morgan fingerprint density at radius 2 is 2.30 bits per heavy atom. The normalized spacial score (nSPS) is 17.3. The summed E-state index contributed by atoms with van der Waals surface area (Å²) in [4.78, 5) is 13.2. The summed E-state index contributed by atoms with van der Waals surface area (Å²) in [7, 11) is 0. The molecule has 0 spiro atoms. The molecule has 6 heteroatoms. The van der Waals surface area contributed by atoms with Crippen molar-refractivity contribution in [2.75, 3.05) is 5.75 Å². The number of urea groups is 1. The second kappa shape index (κ2) is 6.00. The summed E-state index contributed by atoms with van der Waals surface area (Å²) < 4.78 is 0. The largest absolute Gasteiger partial charge is 0.333 e. The van der Waals surface area contributed by atoms with Crippen LogP contribution < -0.4 is 10.6 Å². The number of hydrogen-bond acceptors (Lipinski definition) is 3. The van der Waals surface area contributed by atoms with Gasteiger partial charge in [0.25, 0.3) is 0 Å². The van der Waals surface area contributed by atoms with Gasteiger partial charge in [0.2, 0.25) is 0 Å². The highest BCUT2D eigenvalue weighted by Crippen LogP contribution is 2.35. The van der Waals surface area contributed by atoms with E-state index in [0.717, 1.165) is 17.9 Å². The van der Waals surface area contributed by atoms with Crippen molar-refractivity contribution >= 4 is 17.8 Å². The fourth-order valence-corrected chi connectivity index (χ4v) is 3.39. The summed E-state index contributed by atoms with van der Waals surface area (Å²) in [5.41, 5.74) is 2.10. The van der Waals surface area contributed by atoms with Crippen molar-refractivity contribution in [1.29, 1.82) is 0 Å².